The number of amides is 1. The van der Waals surface area contributed by atoms with E-state index < -0.39 is 0 Å². The smallest absolute Gasteiger partial charge is 0.227 e. The number of hydrogen-bond donors (Lipinski definition) is 0. The Balaban J connectivity index is 1.60. The molecular weight excluding hydrogens is 258 g/mol. The maximum absolute atomic E-state index is 12.5. The van der Waals surface area contributed by atoms with Crippen molar-refractivity contribution in [3.8, 4) is 0 Å². The first-order valence-electron chi connectivity index (χ1n) is 7.20. The standard InChI is InChI=1S/C14H21N3OS/c1-11-9-15-14(19-11)17-8-5-12(10-17)13(18)16-6-3-2-4-7-16/h9,12H,2-8,10H2,1H3. The largest absolute Gasteiger partial charge is 0.347 e. The summed E-state index contributed by atoms with van der Waals surface area (Å²) in [6, 6.07) is 0. The molecule has 1 aromatic heterocycles. The van der Waals surface area contributed by atoms with Gasteiger partial charge in [-0.15, -0.1) is 11.3 Å². The second kappa shape index (κ2) is 5.49. The molecule has 2 fully saturated rings. The lowest BCUT2D eigenvalue weighted by Crippen LogP contribution is -2.40. The average molecular weight is 279 g/mol. The van der Waals surface area contributed by atoms with Crippen molar-refractivity contribution in [2.75, 3.05) is 31.1 Å². The highest BCUT2D eigenvalue weighted by Crippen LogP contribution is 2.29. The number of thiazole rings is 1. The van der Waals surface area contributed by atoms with E-state index in [-0.39, 0.29) is 5.92 Å². The van der Waals surface area contributed by atoms with E-state index >= 15 is 0 Å². The highest BCUT2D eigenvalue weighted by Gasteiger charge is 2.32. The zero-order chi connectivity index (χ0) is 13.2. The summed E-state index contributed by atoms with van der Waals surface area (Å²) in [7, 11) is 0. The van der Waals surface area contributed by atoms with Crippen LogP contribution in [0.2, 0.25) is 0 Å². The van der Waals surface area contributed by atoms with Crippen LogP contribution in [0.1, 0.15) is 30.6 Å². The maximum Gasteiger partial charge on any atom is 0.227 e. The van der Waals surface area contributed by atoms with Gasteiger partial charge in [0.05, 0.1) is 5.92 Å². The van der Waals surface area contributed by atoms with Crippen LogP contribution >= 0.6 is 11.3 Å². The van der Waals surface area contributed by atoms with Crippen molar-refractivity contribution in [3.63, 3.8) is 0 Å². The molecule has 2 saturated heterocycles. The van der Waals surface area contributed by atoms with Gasteiger partial charge in [0.1, 0.15) is 0 Å². The SMILES string of the molecule is Cc1cnc(N2CCC(C(=O)N3CCCCC3)C2)s1. The lowest BCUT2D eigenvalue weighted by molar-refractivity contribution is -0.135. The fraction of sp³-hybridized carbons (Fsp3) is 0.714. The summed E-state index contributed by atoms with van der Waals surface area (Å²) in [5.41, 5.74) is 0. The van der Waals surface area contributed by atoms with E-state index in [0.717, 1.165) is 37.7 Å². The van der Waals surface area contributed by atoms with Crippen LogP contribution in [0.25, 0.3) is 0 Å². The number of piperidine rings is 1. The van der Waals surface area contributed by atoms with Crippen molar-refractivity contribution < 1.29 is 4.79 Å². The Kier molecular flexibility index (Phi) is 3.73. The molecule has 2 aliphatic rings. The Morgan fingerprint density at radius 3 is 2.79 bits per heavy atom. The van der Waals surface area contributed by atoms with E-state index in [9.17, 15) is 4.79 Å². The molecule has 1 atom stereocenters. The van der Waals surface area contributed by atoms with Crippen LogP contribution in [0.15, 0.2) is 6.20 Å². The van der Waals surface area contributed by atoms with Gasteiger partial charge in [0, 0.05) is 37.3 Å². The predicted molar refractivity (Wildman–Crippen MR) is 77.6 cm³/mol. The van der Waals surface area contributed by atoms with E-state index in [1.807, 2.05) is 6.20 Å². The zero-order valence-electron chi connectivity index (χ0n) is 11.5. The molecule has 0 radical (unpaired) electrons. The maximum atomic E-state index is 12.5. The van der Waals surface area contributed by atoms with Gasteiger partial charge in [-0.3, -0.25) is 4.79 Å². The van der Waals surface area contributed by atoms with E-state index in [1.165, 1.54) is 24.1 Å². The highest BCUT2D eigenvalue weighted by molar-refractivity contribution is 7.15. The Bertz CT molecular complexity index is 453. The molecule has 19 heavy (non-hydrogen) atoms. The van der Waals surface area contributed by atoms with Gasteiger partial charge in [-0.05, 0) is 32.6 Å². The van der Waals surface area contributed by atoms with Crippen molar-refractivity contribution in [2.24, 2.45) is 5.92 Å². The van der Waals surface area contributed by atoms with E-state index in [1.54, 1.807) is 11.3 Å². The third-order valence-electron chi connectivity index (χ3n) is 4.08. The molecule has 1 aromatic rings. The molecule has 1 amide bonds. The summed E-state index contributed by atoms with van der Waals surface area (Å²) in [6.07, 6.45) is 6.52. The molecule has 0 bridgehead atoms. The Labute approximate surface area is 118 Å². The van der Waals surface area contributed by atoms with Crippen LogP contribution in [0, 0.1) is 12.8 Å². The number of carbonyl (C=O) groups is 1. The zero-order valence-corrected chi connectivity index (χ0v) is 12.3. The predicted octanol–water partition coefficient (Wildman–Crippen LogP) is 2.29. The van der Waals surface area contributed by atoms with Gasteiger partial charge in [0.25, 0.3) is 0 Å². The molecule has 3 heterocycles. The van der Waals surface area contributed by atoms with Gasteiger partial charge < -0.3 is 9.80 Å². The van der Waals surface area contributed by atoms with Crippen molar-refractivity contribution in [1.82, 2.24) is 9.88 Å². The molecule has 104 valence electrons. The van der Waals surface area contributed by atoms with Crippen LogP contribution in [-0.2, 0) is 4.79 Å². The Hall–Kier alpha value is -1.10. The first kappa shape index (κ1) is 12.9. The summed E-state index contributed by atoms with van der Waals surface area (Å²) >= 11 is 1.72. The molecule has 0 aromatic carbocycles. The lowest BCUT2D eigenvalue weighted by atomic mass is 10.0. The topological polar surface area (TPSA) is 36.4 Å². The molecule has 0 saturated carbocycles. The minimum absolute atomic E-state index is 0.183. The van der Waals surface area contributed by atoms with Gasteiger partial charge in [0.2, 0.25) is 5.91 Å². The Morgan fingerprint density at radius 2 is 2.11 bits per heavy atom. The van der Waals surface area contributed by atoms with Gasteiger partial charge in [-0.1, -0.05) is 0 Å². The number of aryl methyl sites for hydroxylation is 1. The molecule has 0 spiro atoms. The van der Waals surface area contributed by atoms with Crippen LogP contribution in [0.5, 0.6) is 0 Å². The van der Waals surface area contributed by atoms with Gasteiger partial charge in [-0.2, -0.15) is 0 Å². The molecule has 1 unspecified atom stereocenters. The monoisotopic (exact) mass is 279 g/mol. The van der Waals surface area contributed by atoms with Crippen LogP contribution < -0.4 is 4.90 Å². The second-order valence-electron chi connectivity index (χ2n) is 5.57. The van der Waals surface area contributed by atoms with Crippen molar-refractivity contribution in [2.45, 2.75) is 32.6 Å². The van der Waals surface area contributed by atoms with Gasteiger partial charge >= 0.3 is 0 Å². The number of nitrogens with zero attached hydrogens (tertiary/aromatic N) is 3. The first-order valence-corrected chi connectivity index (χ1v) is 8.02. The number of anilines is 1. The van der Waals surface area contributed by atoms with E-state index in [4.69, 9.17) is 0 Å². The quantitative estimate of drug-likeness (QED) is 0.833. The van der Waals surface area contributed by atoms with Crippen molar-refractivity contribution in [3.05, 3.63) is 11.1 Å². The average Bonchev–Trinajstić information content (AvgIpc) is 3.07. The molecule has 3 rings (SSSR count). The fourth-order valence-electron chi connectivity index (χ4n) is 3.00. The minimum atomic E-state index is 0.183. The molecule has 4 nitrogen and oxygen atoms in total. The van der Waals surface area contributed by atoms with Gasteiger partial charge in [0.15, 0.2) is 5.13 Å². The number of likely N-dealkylation sites (tertiary alicyclic amines) is 1. The summed E-state index contributed by atoms with van der Waals surface area (Å²) in [5, 5.41) is 1.08. The summed E-state index contributed by atoms with van der Waals surface area (Å²) in [4.78, 5) is 22.5. The third-order valence-corrected chi connectivity index (χ3v) is 5.06. The van der Waals surface area contributed by atoms with Crippen LogP contribution in [0.4, 0.5) is 5.13 Å². The number of carbonyl (C=O) groups excluding carboxylic acids is 1. The molecule has 0 aliphatic carbocycles. The second-order valence-corrected chi connectivity index (χ2v) is 6.78. The summed E-state index contributed by atoms with van der Waals surface area (Å²) in [6.45, 7) is 5.82. The minimum Gasteiger partial charge on any atom is -0.347 e. The first-order chi connectivity index (χ1) is 9.24. The van der Waals surface area contributed by atoms with Gasteiger partial charge in [-0.25, -0.2) is 4.98 Å². The number of aromatic nitrogens is 1. The molecule has 0 N–H and O–H groups in total. The normalized spacial score (nSPS) is 23.9. The number of rotatable bonds is 2. The fourth-order valence-corrected chi connectivity index (χ4v) is 3.79. The third kappa shape index (κ3) is 2.76. The van der Waals surface area contributed by atoms with Crippen molar-refractivity contribution in [1.29, 1.82) is 0 Å². The summed E-state index contributed by atoms with van der Waals surface area (Å²) < 4.78 is 0. The van der Waals surface area contributed by atoms with E-state index in [0.29, 0.717) is 5.91 Å². The highest BCUT2D eigenvalue weighted by atomic mass is 32.1. The summed E-state index contributed by atoms with van der Waals surface area (Å²) in [5.74, 6) is 0.554. The molecule has 5 heteroatoms. The molecular formula is C14H21N3OS. The van der Waals surface area contributed by atoms with Crippen LogP contribution in [-0.4, -0.2) is 42.0 Å². The van der Waals surface area contributed by atoms with Crippen LogP contribution in [0.3, 0.4) is 0 Å². The lowest BCUT2D eigenvalue weighted by Gasteiger charge is -2.29. The number of hydrogen-bond acceptors (Lipinski definition) is 4. The van der Waals surface area contributed by atoms with Crippen molar-refractivity contribution >= 4 is 22.4 Å². The van der Waals surface area contributed by atoms with E-state index in [2.05, 4.69) is 21.7 Å². The molecule has 2 aliphatic heterocycles. The Morgan fingerprint density at radius 1 is 1.32 bits per heavy atom.